The average molecular weight is 238 g/mol. The highest BCUT2D eigenvalue weighted by Gasteiger charge is 1.90. The lowest BCUT2D eigenvalue weighted by atomic mass is 10.4. The van der Waals surface area contributed by atoms with Gasteiger partial charge in [0.25, 0.3) is 0 Å². The van der Waals surface area contributed by atoms with E-state index in [1.54, 1.807) is 0 Å². The fourth-order valence-corrected chi connectivity index (χ4v) is 1.04. The van der Waals surface area contributed by atoms with E-state index >= 15 is 0 Å². The van der Waals surface area contributed by atoms with Gasteiger partial charge in [-0.1, -0.05) is 0 Å². The lowest BCUT2D eigenvalue weighted by Gasteiger charge is -2.05. The summed E-state index contributed by atoms with van der Waals surface area (Å²) in [6.07, 6.45) is 1.58. The molecule has 0 radical (unpaired) electrons. The van der Waals surface area contributed by atoms with Crippen molar-refractivity contribution < 1.29 is 14.2 Å². The van der Waals surface area contributed by atoms with Crippen LogP contribution in [0.2, 0.25) is 0 Å². The Bertz CT molecular complexity index is 237. The van der Waals surface area contributed by atoms with E-state index in [4.69, 9.17) is 14.2 Å². The van der Waals surface area contributed by atoms with Gasteiger partial charge in [-0.15, -0.1) is 23.7 Å². The summed E-state index contributed by atoms with van der Waals surface area (Å²) in [4.78, 5) is 0. The van der Waals surface area contributed by atoms with Crippen LogP contribution in [0.5, 0.6) is 0 Å². The average Bonchev–Trinajstić information content (AvgIpc) is 2.35. The smallest absolute Gasteiger partial charge is 0.0701 e. The van der Waals surface area contributed by atoms with Crippen molar-refractivity contribution in [3.63, 3.8) is 0 Å². The van der Waals surface area contributed by atoms with Gasteiger partial charge in [0.1, 0.15) is 0 Å². The molecule has 0 aliphatic rings. The zero-order valence-electron chi connectivity index (χ0n) is 10.9. The second-order valence-corrected chi connectivity index (χ2v) is 3.19. The highest BCUT2D eigenvalue weighted by molar-refractivity contribution is 4.94. The predicted molar refractivity (Wildman–Crippen MR) is 68.6 cm³/mol. The number of hydrogen-bond donors (Lipinski definition) is 0. The largest absolute Gasteiger partial charge is 0.378 e. The van der Waals surface area contributed by atoms with Crippen LogP contribution in [0.1, 0.15) is 26.7 Å². The van der Waals surface area contributed by atoms with Gasteiger partial charge in [0.05, 0.1) is 39.6 Å². The standard InChI is InChI=1S/C14H22O3/c1-3-5-7-9-15-11-13-17-14-12-16-10-8-6-4-2/h7-14H2,1-2H3. The molecular weight excluding hydrogens is 216 g/mol. The molecule has 17 heavy (non-hydrogen) atoms. The van der Waals surface area contributed by atoms with E-state index in [2.05, 4.69) is 23.7 Å². The van der Waals surface area contributed by atoms with Crippen LogP contribution in [0.3, 0.4) is 0 Å². The molecule has 0 aliphatic heterocycles. The Morgan fingerprint density at radius 1 is 0.588 bits per heavy atom. The maximum atomic E-state index is 5.32. The van der Waals surface area contributed by atoms with E-state index in [-0.39, 0.29) is 0 Å². The first kappa shape index (κ1) is 16.0. The van der Waals surface area contributed by atoms with E-state index in [9.17, 15) is 0 Å². The van der Waals surface area contributed by atoms with Crippen LogP contribution in [0.4, 0.5) is 0 Å². The van der Waals surface area contributed by atoms with E-state index in [0.717, 1.165) is 12.8 Å². The topological polar surface area (TPSA) is 27.7 Å². The van der Waals surface area contributed by atoms with Crippen molar-refractivity contribution in [1.29, 1.82) is 0 Å². The molecule has 0 bridgehead atoms. The Balaban J connectivity index is 2.97. The minimum absolute atomic E-state index is 0.609. The lowest BCUT2D eigenvalue weighted by molar-refractivity contribution is 0.0166. The van der Waals surface area contributed by atoms with E-state index < -0.39 is 0 Å². The Hall–Kier alpha value is -1.00. The number of ether oxygens (including phenoxy) is 3. The summed E-state index contributed by atoms with van der Waals surface area (Å²) in [7, 11) is 0. The Morgan fingerprint density at radius 2 is 0.941 bits per heavy atom. The van der Waals surface area contributed by atoms with Gasteiger partial charge in [-0.2, -0.15) is 0 Å². The summed E-state index contributed by atoms with van der Waals surface area (Å²) in [6.45, 7) is 7.46. The van der Waals surface area contributed by atoms with Crippen LogP contribution >= 0.6 is 0 Å². The molecule has 3 nitrogen and oxygen atoms in total. The zero-order chi connectivity index (χ0) is 12.6. The minimum Gasteiger partial charge on any atom is -0.378 e. The molecular formula is C14H22O3. The Labute approximate surface area is 105 Å². The van der Waals surface area contributed by atoms with Crippen LogP contribution in [-0.4, -0.2) is 39.6 Å². The summed E-state index contributed by atoms with van der Waals surface area (Å²) in [5.74, 6) is 11.5. The molecule has 0 saturated heterocycles. The van der Waals surface area contributed by atoms with Crippen LogP contribution in [0.15, 0.2) is 0 Å². The molecule has 0 spiro atoms. The van der Waals surface area contributed by atoms with Crippen molar-refractivity contribution in [1.82, 2.24) is 0 Å². The van der Waals surface area contributed by atoms with E-state index in [0.29, 0.717) is 39.6 Å². The second kappa shape index (κ2) is 15.0. The highest BCUT2D eigenvalue weighted by atomic mass is 16.5. The molecule has 0 atom stereocenters. The third-order valence-electron chi connectivity index (χ3n) is 1.84. The monoisotopic (exact) mass is 238 g/mol. The maximum absolute atomic E-state index is 5.32. The first-order valence-electron chi connectivity index (χ1n) is 5.94. The van der Waals surface area contributed by atoms with Crippen molar-refractivity contribution >= 4 is 0 Å². The van der Waals surface area contributed by atoms with Gasteiger partial charge in [-0.25, -0.2) is 0 Å². The number of rotatable bonds is 10. The molecule has 0 amide bonds. The first-order chi connectivity index (χ1) is 8.41. The quantitative estimate of drug-likeness (QED) is 0.429. The third-order valence-corrected chi connectivity index (χ3v) is 1.84. The van der Waals surface area contributed by atoms with Crippen molar-refractivity contribution in [3.05, 3.63) is 0 Å². The fourth-order valence-electron chi connectivity index (χ4n) is 1.04. The van der Waals surface area contributed by atoms with Gasteiger partial charge < -0.3 is 14.2 Å². The van der Waals surface area contributed by atoms with E-state index in [1.807, 2.05) is 13.8 Å². The van der Waals surface area contributed by atoms with Crippen LogP contribution in [0.25, 0.3) is 0 Å². The molecule has 0 aliphatic carbocycles. The van der Waals surface area contributed by atoms with Crippen molar-refractivity contribution in [3.8, 4) is 23.7 Å². The van der Waals surface area contributed by atoms with E-state index in [1.165, 1.54) is 0 Å². The molecule has 0 fully saturated rings. The predicted octanol–water partition coefficient (Wildman–Crippen LogP) is 1.86. The zero-order valence-corrected chi connectivity index (χ0v) is 10.9. The second-order valence-electron chi connectivity index (χ2n) is 3.19. The summed E-state index contributed by atoms with van der Waals surface area (Å²) in [5, 5.41) is 0. The Morgan fingerprint density at radius 3 is 1.29 bits per heavy atom. The van der Waals surface area contributed by atoms with Crippen LogP contribution in [-0.2, 0) is 14.2 Å². The highest BCUT2D eigenvalue weighted by Crippen LogP contribution is 1.84. The van der Waals surface area contributed by atoms with Crippen molar-refractivity contribution in [2.75, 3.05) is 39.6 Å². The van der Waals surface area contributed by atoms with Gasteiger partial charge in [0.15, 0.2) is 0 Å². The molecule has 0 unspecified atom stereocenters. The van der Waals surface area contributed by atoms with Crippen LogP contribution in [0, 0.1) is 23.7 Å². The number of hydrogen-bond acceptors (Lipinski definition) is 3. The first-order valence-corrected chi connectivity index (χ1v) is 5.94. The minimum atomic E-state index is 0.609. The molecule has 0 aromatic heterocycles. The molecule has 0 aromatic rings. The van der Waals surface area contributed by atoms with Crippen molar-refractivity contribution in [2.24, 2.45) is 0 Å². The lowest BCUT2D eigenvalue weighted by Crippen LogP contribution is -2.10. The van der Waals surface area contributed by atoms with Gasteiger partial charge in [0.2, 0.25) is 0 Å². The van der Waals surface area contributed by atoms with Crippen molar-refractivity contribution in [2.45, 2.75) is 26.7 Å². The molecule has 0 heterocycles. The SMILES string of the molecule is CC#CCCOCCOCCOCCC#CC. The van der Waals surface area contributed by atoms with Gasteiger partial charge in [-0.3, -0.25) is 0 Å². The molecule has 3 heteroatoms. The molecule has 0 N–H and O–H groups in total. The van der Waals surface area contributed by atoms with Gasteiger partial charge in [-0.05, 0) is 13.8 Å². The fraction of sp³-hybridized carbons (Fsp3) is 0.714. The normalized spacial score (nSPS) is 9.06. The van der Waals surface area contributed by atoms with Gasteiger partial charge >= 0.3 is 0 Å². The third kappa shape index (κ3) is 15.0. The Kier molecular flexibility index (Phi) is 14.1. The molecule has 0 aromatic carbocycles. The van der Waals surface area contributed by atoms with Gasteiger partial charge in [0, 0.05) is 12.8 Å². The molecule has 96 valence electrons. The summed E-state index contributed by atoms with van der Waals surface area (Å²) < 4.78 is 15.9. The molecule has 0 rings (SSSR count). The maximum Gasteiger partial charge on any atom is 0.0701 e. The summed E-state index contributed by atoms with van der Waals surface area (Å²) in [6, 6.07) is 0. The summed E-state index contributed by atoms with van der Waals surface area (Å²) >= 11 is 0. The summed E-state index contributed by atoms with van der Waals surface area (Å²) in [5.41, 5.74) is 0. The van der Waals surface area contributed by atoms with Crippen LogP contribution < -0.4 is 0 Å². The molecule has 0 saturated carbocycles.